The van der Waals surface area contributed by atoms with E-state index < -0.39 is 0 Å². The number of amides is 1. The molecule has 0 saturated carbocycles. The maximum atomic E-state index is 11.6. The molecule has 6 heteroatoms. The second kappa shape index (κ2) is 5.58. The summed E-state index contributed by atoms with van der Waals surface area (Å²) in [6.45, 7) is 4.19. The molecular formula is C12H20N4OS. The van der Waals surface area contributed by atoms with Crippen molar-refractivity contribution in [1.29, 1.82) is 0 Å². The number of nitrogens with one attached hydrogen (secondary N) is 1. The molecule has 0 radical (unpaired) electrons. The molecule has 1 aliphatic rings. The highest BCUT2D eigenvalue weighted by molar-refractivity contribution is 7.18. The summed E-state index contributed by atoms with van der Waals surface area (Å²) in [4.78, 5) is 16.9. The van der Waals surface area contributed by atoms with Gasteiger partial charge in [-0.3, -0.25) is 4.79 Å². The van der Waals surface area contributed by atoms with E-state index in [1.54, 1.807) is 7.05 Å². The number of nitrogens with two attached hydrogens (primary N) is 1. The van der Waals surface area contributed by atoms with Crippen LogP contribution in [0, 0.1) is 0 Å². The molecule has 2 rings (SSSR count). The Hall–Kier alpha value is -1.27. The number of nitrogen functional groups attached to an aromatic ring is 1. The maximum absolute atomic E-state index is 11.6. The fraction of sp³-hybridized carbons (Fsp3) is 0.583. The standard InChI is InChI=1S/C12H20N4OS/c1-14-12(17)11-9(13)8-10(18-11)16-5-3-4-15(2)6-7-16/h8H,3-7,13H2,1-2H3,(H,14,17). The van der Waals surface area contributed by atoms with Gasteiger partial charge in [0, 0.05) is 26.7 Å². The summed E-state index contributed by atoms with van der Waals surface area (Å²) < 4.78 is 0. The van der Waals surface area contributed by atoms with E-state index >= 15 is 0 Å². The summed E-state index contributed by atoms with van der Waals surface area (Å²) in [7, 11) is 3.77. The van der Waals surface area contributed by atoms with Crippen molar-refractivity contribution in [2.45, 2.75) is 6.42 Å². The number of carbonyl (C=O) groups excluding carboxylic acids is 1. The smallest absolute Gasteiger partial charge is 0.263 e. The largest absolute Gasteiger partial charge is 0.397 e. The Balaban J connectivity index is 2.15. The van der Waals surface area contributed by atoms with Crippen LogP contribution in [0.5, 0.6) is 0 Å². The van der Waals surface area contributed by atoms with Crippen molar-refractivity contribution in [3.63, 3.8) is 0 Å². The average Bonchev–Trinajstić information content (AvgIpc) is 2.60. The summed E-state index contributed by atoms with van der Waals surface area (Å²) in [5.74, 6) is -0.101. The third-order valence-corrected chi connectivity index (χ3v) is 4.42. The number of likely N-dealkylation sites (N-methyl/N-ethyl adjacent to an activating group) is 1. The van der Waals surface area contributed by atoms with Crippen molar-refractivity contribution in [3.8, 4) is 0 Å². The van der Waals surface area contributed by atoms with Gasteiger partial charge in [0.25, 0.3) is 5.91 Å². The summed E-state index contributed by atoms with van der Waals surface area (Å²) in [6, 6.07) is 1.92. The van der Waals surface area contributed by atoms with Crippen molar-refractivity contribution in [3.05, 3.63) is 10.9 Å². The molecule has 18 heavy (non-hydrogen) atoms. The van der Waals surface area contributed by atoms with Crippen LogP contribution in [0.2, 0.25) is 0 Å². The Labute approximate surface area is 112 Å². The molecule has 1 aliphatic heterocycles. The lowest BCUT2D eigenvalue weighted by Crippen LogP contribution is -2.28. The highest BCUT2D eigenvalue weighted by atomic mass is 32.1. The third kappa shape index (κ3) is 2.76. The molecule has 0 aliphatic carbocycles. The molecule has 2 heterocycles. The van der Waals surface area contributed by atoms with E-state index in [0.29, 0.717) is 10.6 Å². The van der Waals surface area contributed by atoms with Gasteiger partial charge in [-0.05, 0) is 26.1 Å². The number of rotatable bonds is 2. The van der Waals surface area contributed by atoms with Gasteiger partial charge in [-0.1, -0.05) is 0 Å². The minimum atomic E-state index is -0.101. The SMILES string of the molecule is CNC(=O)c1sc(N2CCCN(C)CC2)cc1N. The summed E-state index contributed by atoms with van der Waals surface area (Å²) in [6.07, 6.45) is 1.14. The van der Waals surface area contributed by atoms with Gasteiger partial charge in [-0.2, -0.15) is 0 Å². The third-order valence-electron chi connectivity index (χ3n) is 3.21. The van der Waals surface area contributed by atoms with E-state index in [4.69, 9.17) is 5.73 Å². The van der Waals surface area contributed by atoms with E-state index in [1.807, 2.05) is 6.07 Å². The van der Waals surface area contributed by atoms with Crippen LogP contribution in [-0.4, -0.2) is 51.1 Å². The number of nitrogens with zero attached hydrogens (tertiary/aromatic N) is 2. The molecule has 1 aromatic rings. The summed E-state index contributed by atoms with van der Waals surface area (Å²) in [5.41, 5.74) is 6.48. The van der Waals surface area contributed by atoms with Crippen LogP contribution in [0.3, 0.4) is 0 Å². The fourth-order valence-electron chi connectivity index (χ4n) is 2.11. The lowest BCUT2D eigenvalue weighted by atomic mass is 10.3. The number of anilines is 2. The highest BCUT2D eigenvalue weighted by Crippen LogP contribution is 2.32. The van der Waals surface area contributed by atoms with Crippen LogP contribution in [0.25, 0.3) is 0 Å². The van der Waals surface area contributed by atoms with Gasteiger partial charge in [0.2, 0.25) is 0 Å². The molecule has 100 valence electrons. The molecule has 0 atom stereocenters. The number of carbonyl (C=O) groups is 1. The monoisotopic (exact) mass is 268 g/mol. The average molecular weight is 268 g/mol. The molecule has 1 aromatic heterocycles. The first kappa shape index (κ1) is 13.2. The van der Waals surface area contributed by atoms with Gasteiger partial charge in [-0.15, -0.1) is 11.3 Å². The molecule has 1 saturated heterocycles. The molecular weight excluding hydrogens is 248 g/mol. The minimum absolute atomic E-state index is 0.101. The topological polar surface area (TPSA) is 61.6 Å². The predicted molar refractivity (Wildman–Crippen MR) is 76.4 cm³/mol. The first-order valence-corrected chi connectivity index (χ1v) is 6.98. The van der Waals surface area contributed by atoms with E-state index in [-0.39, 0.29) is 5.91 Å². The molecule has 1 amide bonds. The molecule has 0 unspecified atom stereocenters. The first-order valence-electron chi connectivity index (χ1n) is 6.16. The minimum Gasteiger partial charge on any atom is -0.397 e. The predicted octanol–water partition coefficient (Wildman–Crippen LogP) is 0.832. The number of thiophene rings is 1. The van der Waals surface area contributed by atoms with E-state index in [9.17, 15) is 4.79 Å². The van der Waals surface area contributed by atoms with Gasteiger partial charge >= 0.3 is 0 Å². The Kier molecular flexibility index (Phi) is 4.08. The Morgan fingerprint density at radius 2 is 2.17 bits per heavy atom. The zero-order valence-corrected chi connectivity index (χ0v) is 11.7. The molecule has 5 nitrogen and oxygen atoms in total. The molecule has 3 N–H and O–H groups in total. The fourth-order valence-corrected chi connectivity index (χ4v) is 3.18. The van der Waals surface area contributed by atoms with E-state index in [2.05, 4.69) is 22.2 Å². The zero-order chi connectivity index (χ0) is 13.1. The van der Waals surface area contributed by atoms with E-state index in [0.717, 1.165) is 37.6 Å². The lowest BCUT2D eigenvalue weighted by molar-refractivity contribution is 0.0968. The normalized spacial score (nSPS) is 17.6. The summed E-state index contributed by atoms with van der Waals surface area (Å²) in [5, 5.41) is 3.72. The van der Waals surface area contributed by atoms with E-state index in [1.165, 1.54) is 11.3 Å². The van der Waals surface area contributed by atoms with Crippen LogP contribution < -0.4 is 16.0 Å². The molecule has 0 aromatic carbocycles. The van der Waals surface area contributed by atoms with Gasteiger partial charge < -0.3 is 20.9 Å². The van der Waals surface area contributed by atoms with Gasteiger partial charge in [0.15, 0.2) is 0 Å². The second-order valence-corrected chi connectivity index (χ2v) is 5.62. The maximum Gasteiger partial charge on any atom is 0.263 e. The van der Waals surface area contributed by atoms with Crippen LogP contribution in [0.1, 0.15) is 16.1 Å². The lowest BCUT2D eigenvalue weighted by Gasteiger charge is -2.20. The quantitative estimate of drug-likeness (QED) is 0.834. The Morgan fingerprint density at radius 3 is 2.89 bits per heavy atom. The van der Waals surface area contributed by atoms with Crippen LogP contribution in [0.15, 0.2) is 6.07 Å². The van der Waals surface area contributed by atoms with Crippen molar-refractivity contribution < 1.29 is 4.79 Å². The van der Waals surface area contributed by atoms with Crippen molar-refractivity contribution in [2.24, 2.45) is 0 Å². The number of hydrogen-bond acceptors (Lipinski definition) is 5. The van der Waals surface area contributed by atoms with Crippen LogP contribution >= 0.6 is 11.3 Å². The van der Waals surface area contributed by atoms with Crippen molar-refractivity contribution in [1.82, 2.24) is 10.2 Å². The van der Waals surface area contributed by atoms with Crippen molar-refractivity contribution >= 4 is 27.9 Å². The molecule has 0 spiro atoms. The molecule has 1 fully saturated rings. The first-order chi connectivity index (χ1) is 8.61. The van der Waals surface area contributed by atoms with Gasteiger partial charge in [-0.25, -0.2) is 0 Å². The molecule has 0 bridgehead atoms. The Morgan fingerprint density at radius 1 is 1.39 bits per heavy atom. The van der Waals surface area contributed by atoms with Crippen molar-refractivity contribution in [2.75, 3.05) is 50.9 Å². The highest BCUT2D eigenvalue weighted by Gasteiger charge is 2.18. The van der Waals surface area contributed by atoms with Gasteiger partial charge in [0.05, 0.1) is 10.7 Å². The Bertz CT molecular complexity index is 432. The van der Waals surface area contributed by atoms with Crippen LogP contribution in [-0.2, 0) is 0 Å². The second-order valence-electron chi connectivity index (χ2n) is 4.59. The van der Waals surface area contributed by atoms with Crippen LogP contribution in [0.4, 0.5) is 10.7 Å². The zero-order valence-electron chi connectivity index (χ0n) is 10.9. The number of hydrogen-bond donors (Lipinski definition) is 2. The summed E-state index contributed by atoms with van der Waals surface area (Å²) >= 11 is 1.48. The van der Waals surface area contributed by atoms with Gasteiger partial charge in [0.1, 0.15) is 4.88 Å².